The number of carbonyl (C=O) groups is 1. The van der Waals surface area contributed by atoms with Crippen LogP contribution in [0.25, 0.3) is 0 Å². The molecule has 0 saturated carbocycles. The van der Waals surface area contributed by atoms with Crippen LogP contribution in [-0.4, -0.2) is 34.1 Å². The number of rotatable bonds is 5. The third-order valence-electron chi connectivity index (χ3n) is 4.99. The molecule has 1 aromatic heterocycles. The van der Waals surface area contributed by atoms with Gasteiger partial charge in [0, 0.05) is 30.5 Å². The molecule has 1 aliphatic rings. The maximum Gasteiger partial charge on any atom is 0.306 e. The summed E-state index contributed by atoms with van der Waals surface area (Å²) in [4.78, 5) is 22.5. The summed E-state index contributed by atoms with van der Waals surface area (Å²) in [7, 11) is 0. The van der Waals surface area contributed by atoms with Gasteiger partial charge in [0.15, 0.2) is 0 Å². The van der Waals surface area contributed by atoms with Gasteiger partial charge in [-0.05, 0) is 44.2 Å². The number of carboxylic acids is 1. The Kier molecular flexibility index (Phi) is 5.40. The SMILES string of the molecule is CCc1cccc(C)c1Nc1nc(C)cc(N2CCC(C(=O)O)CC2)n1. The van der Waals surface area contributed by atoms with Gasteiger partial charge in [0.1, 0.15) is 5.82 Å². The fourth-order valence-corrected chi connectivity index (χ4v) is 3.44. The van der Waals surface area contributed by atoms with Crippen molar-refractivity contribution in [1.29, 1.82) is 0 Å². The van der Waals surface area contributed by atoms with Crippen molar-refractivity contribution in [2.75, 3.05) is 23.3 Å². The van der Waals surface area contributed by atoms with E-state index in [9.17, 15) is 4.79 Å². The second kappa shape index (κ2) is 7.72. The van der Waals surface area contributed by atoms with E-state index in [1.54, 1.807) is 0 Å². The van der Waals surface area contributed by atoms with Gasteiger partial charge in [0.05, 0.1) is 5.92 Å². The first kappa shape index (κ1) is 18.2. The molecule has 1 saturated heterocycles. The van der Waals surface area contributed by atoms with Crippen LogP contribution in [-0.2, 0) is 11.2 Å². The van der Waals surface area contributed by atoms with Gasteiger partial charge in [-0.3, -0.25) is 4.79 Å². The Hall–Kier alpha value is -2.63. The smallest absolute Gasteiger partial charge is 0.306 e. The lowest BCUT2D eigenvalue weighted by Crippen LogP contribution is -2.36. The van der Waals surface area contributed by atoms with Crippen molar-refractivity contribution < 1.29 is 9.90 Å². The Morgan fingerprint density at radius 2 is 2.00 bits per heavy atom. The van der Waals surface area contributed by atoms with Crippen LogP contribution in [0.4, 0.5) is 17.5 Å². The highest BCUT2D eigenvalue weighted by molar-refractivity contribution is 5.70. The van der Waals surface area contributed by atoms with Crippen LogP contribution in [0.15, 0.2) is 24.3 Å². The van der Waals surface area contributed by atoms with Crippen molar-refractivity contribution >= 4 is 23.4 Å². The third kappa shape index (κ3) is 3.95. The third-order valence-corrected chi connectivity index (χ3v) is 4.99. The molecule has 138 valence electrons. The summed E-state index contributed by atoms with van der Waals surface area (Å²) in [6.07, 6.45) is 2.24. The molecule has 26 heavy (non-hydrogen) atoms. The van der Waals surface area contributed by atoms with Gasteiger partial charge in [-0.15, -0.1) is 0 Å². The van der Waals surface area contributed by atoms with E-state index >= 15 is 0 Å². The molecule has 6 heteroatoms. The molecule has 0 atom stereocenters. The molecule has 2 heterocycles. The fraction of sp³-hybridized carbons (Fsp3) is 0.450. The average Bonchev–Trinajstić information content (AvgIpc) is 2.63. The van der Waals surface area contributed by atoms with E-state index in [2.05, 4.69) is 47.2 Å². The number of nitrogens with zero attached hydrogens (tertiary/aromatic N) is 3. The largest absolute Gasteiger partial charge is 0.481 e. The Labute approximate surface area is 154 Å². The van der Waals surface area contributed by atoms with Gasteiger partial charge in [-0.2, -0.15) is 4.98 Å². The molecule has 3 rings (SSSR count). The first-order valence-electron chi connectivity index (χ1n) is 9.17. The number of para-hydroxylation sites is 1. The molecule has 0 radical (unpaired) electrons. The average molecular weight is 354 g/mol. The fourth-order valence-electron chi connectivity index (χ4n) is 3.44. The summed E-state index contributed by atoms with van der Waals surface area (Å²) in [6.45, 7) is 7.58. The van der Waals surface area contributed by atoms with Gasteiger partial charge in [0.25, 0.3) is 0 Å². The van der Waals surface area contributed by atoms with E-state index in [1.807, 2.05) is 13.0 Å². The molecule has 0 aliphatic carbocycles. The zero-order valence-corrected chi connectivity index (χ0v) is 15.6. The first-order valence-corrected chi connectivity index (χ1v) is 9.17. The van der Waals surface area contributed by atoms with Crippen LogP contribution in [0.1, 0.15) is 36.6 Å². The molecule has 1 aromatic carbocycles. The summed E-state index contributed by atoms with van der Waals surface area (Å²) in [5.74, 6) is 0.503. The molecule has 0 amide bonds. The molecule has 2 aromatic rings. The Morgan fingerprint density at radius 3 is 2.65 bits per heavy atom. The van der Waals surface area contributed by atoms with Crippen LogP contribution < -0.4 is 10.2 Å². The van der Waals surface area contributed by atoms with E-state index in [4.69, 9.17) is 10.1 Å². The minimum atomic E-state index is -0.697. The number of aryl methyl sites for hydroxylation is 3. The van der Waals surface area contributed by atoms with E-state index in [1.165, 1.54) is 11.1 Å². The zero-order valence-electron chi connectivity index (χ0n) is 15.6. The monoisotopic (exact) mass is 354 g/mol. The van der Waals surface area contributed by atoms with Crippen LogP contribution in [0.5, 0.6) is 0 Å². The zero-order chi connectivity index (χ0) is 18.7. The number of nitrogens with one attached hydrogen (secondary N) is 1. The number of benzene rings is 1. The lowest BCUT2D eigenvalue weighted by molar-refractivity contribution is -0.142. The number of anilines is 3. The molecular weight excluding hydrogens is 328 g/mol. The van der Waals surface area contributed by atoms with Crippen molar-refractivity contribution in [3.05, 3.63) is 41.1 Å². The maximum atomic E-state index is 11.1. The summed E-state index contributed by atoms with van der Waals surface area (Å²) in [5, 5.41) is 12.6. The van der Waals surface area contributed by atoms with E-state index in [0.29, 0.717) is 31.9 Å². The number of hydrogen-bond acceptors (Lipinski definition) is 5. The number of aromatic nitrogens is 2. The first-order chi connectivity index (χ1) is 12.5. The summed E-state index contributed by atoms with van der Waals surface area (Å²) in [5.41, 5.74) is 4.36. The van der Waals surface area contributed by atoms with Gasteiger partial charge >= 0.3 is 5.97 Å². The number of aliphatic carboxylic acids is 1. The summed E-state index contributed by atoms with van der Waals surface area (Å²) < 4.78 is 0. The molecular formula is C20H26N4O2. The van der Waals surface area contributed by atoms with E-state index in [0.717, 1.165) is 23.6 Å². The van der Waals surface area contributed by atoms with Crippen LogP contribution >= 0.6 is 0 Å². The van der Waals surface area contributed by atoms with Crippen molar-refractivity contribution in [3.63, 3.8) is 0 Å². The second-order valence-electron chi connectivity index (χ2n) is 6.88. The molecule has 2 N–H and O–H groups in total. The lowest BCUT2D eigenvalue weighted by atomic mass is 9.97. The highest BCUT2D eigenvalue weighted by atomic mass is 16.4. The van der Waals surface area contributed by atoms with Crippen molar-refractivity contribution in [2.24, 2.45) is 5.92 Å². The highest BCUT2D eigenvalue weighted by Crippen LogP contribution is 2.27. The lowest BCUT2D eigenvalue weighted by Gasteiger charge is -2.31. The van der Waals surface area contributed by atoms with E-state index in [-0.39, 0.29) is 5.92 Å². The minimum absolute atomic E-state index is 0.245. The predicted molar refractivity (Wildman–Crippen MR) is 103 cm³/mol. The Bertz CT molecular complexity index is 798. The summed E-state index contributed by atoms with van der Waals surface area (Å²) >= 11 is 0. The van der Waals surface area contributed by atoms with Gasteiger partial charge < -0.3 is 15.3 Å². The number of carboxylic acid groups (broad SMARTS) is 1. The second-order valence-corrected chi connectivity index (χ2v) is 6.88. The van der Waals surface area contributed by atoms with Crippen LogP contribution in [0, 0.1) is 19.8 Å². The number of piperidine rings is 1. The standard InChI is InChI=1S/C20H26N4O2/c1-4-15-7-5-6-13(2)18(15)23-20-21-14(3)12-17(22-20)24-10-8-16(9-11-24)19(25)26/h5-7,12,16H,4,8-11H2,1-3H3,(H,25,26)(H,21,22,23). The Balaban J connectivity index is 1.82. The van der Waals surface area contributed by atoms with E-state index < -0.39 is 5.97 Å². The molecule has 0 spiro atoms. The van der Waals surface area contributed by atoms with Gasteiger partial charge in [0.2, 0.25) is 5.95 Å². The van der Waals surface area contributed by atoms with Crippen molar-refractivity contribution in [1.82, 2.24) is 9.97 Å². The highest BCUT2D eigenvalue weighted by Gasteiger charge is 2.25. The van der Waals surface area contributed by atoms with Gasteiger partial charge in [-0.1, -0.05) is 25.1 Å². The summed E-state index contributed by atoms with van der Waals surface area (Å²) in [6, 6.07) is 8.22. The maximum absolute atomic E-state index is 11.1. The van der Waals surface area contributed by atoms with Crippen molar-refractivity contribution in [3.8, 4) is 0 Å². The Morgan fingerprint density at radius 1 is 1.27 bits per heavy atom. The molecule has 0 unspecified atom stereocenters. The normalized spacial score (nSPS) is 15.1. The predicted octanol–water partition coefficient (Wildman–Crippen LogP) is 3.70. The minimum Gasteiger partial charge on any atom is -0.481 e. The topological polar surface area (TPSA) is 78.4 Å². The number of hydrogen-bond donors (Lipinski definition) is 2. The quantitative estimate of drug-likeness (QED) is 0.852. The van der Waals surface area contributed by atoms with Crippen LogP contribution in [0.2, 0.25) is 0 Å². The van der Waals surface area contributed by atoms with Crippen molar-refractivity contribution in [2.45, 2.75) is 40.0 Å². The molecule has 0 bridgehead atoms. The molecule has 1 aliphatic heterocycles. The molecule has 1 fully saturated rings. The van der Waals surface area contributed by atoms with Crippen LogP contribution in [0.3, 0.4) is 0 Å². The molecule has 6 nitrogen and oxygen atoms in total. The van der Waals surface area contributed by atoms with Gasteiger partial charge in [-0.25, -0.2) is 4.98 Å².